The second-order valence-corrected chi connectivity index (χ2v) is 9.15. The number of benzene rings is 2. The molecule has 2 aromatic carbocycles. The molecule has 4 rings (SSSR count). The molecular formula is C22H17F3N2O3S2. The van der Waals surface area contributed by atoms with E-state index in [9.17, 15) is 18.0 Å². The molecule has 0 saturated carbocycles. The molecule has 166 valence electrons. The second-order valence-electron chi connectivity index (χ2n) is 7.02. The summed E-state index contributed by atoms with van der Waals surface area (Å²) in [7, 11) is 0. The summed E-state index contributed by atoms with van der Waals surface area (Å²) in [6, 6.07) is 10.6. The average Bonchev–Trinajstić information content (AvgIpc) is 3.32. The normalized spacial score (nSPS) is 11.9. The Labute approximate surface area is 189 Å². The Kier molecular flexibility index (Phi) is 6.25. The molecule has 0 unspecified atom stereocenters. The first kappa shape index (κ1) is 22.3. The van der Waals surface area contributed by atoms with Crippen molar-refractivity contribution in [3.8, 4) is 10.6 Å². The van der Waals surface area contributed by atoms with Crippen molar-refractivity contribution >= 4 is 40.2 Å². The van der Waals surface area contributed by atoms with Crippen molar-refractivity contribution < 1.29 is 27.5 Å². The van der Waals surface area contributed by atoms with Crippen LogP contribution in [0.2, 0.25) is 0 Å². The van der Waals surface area contributed by atoms with Crippen LogP contribution in [0.1, 0.15) is 28.4 Å². The average molecular weight is 479 g/mol. The van der Waals surface area contributed by atoms with Crippen molar-refractivity contribution in [2.45, 2.75) is 36.6 Å². The molecule has 10 heteroatoms. The highest BCUT2D eigenvalue weighted by Gasteiger charge is 2.30. The molecule has 0 atom stereocenters. The van der Waals surface area contributed by atoms with E-state index in [4.69, 9.17) is 9.52 Å². The van der Waals surface area contributed by atoms with Crippen LogP contribution in [0.15, 0.2) is 51.8 Å². The molecule has 0 bridgehead atoms. The van der Waals surface area contributed by atoms with Crippen LogP contribution < -0.4 is 0 Å². The molecule has 32 heavy (non-hydrogen) atoms. The largest absolute Gasteiger partial charge is 0.481 e. The van der Waals surface area contributed by atoms with Gasteiger partial charge in [0, 0.05) is 27.5 Å². The molecule has 4 aromatic rings. The molecular weight excluding hydrogens is 461 g/mol. The Hall–Kier alpha value is -2.85. The van der Waals surface area contributed by atoms with Crippen molar-refractivity contribution in [3.63, 3.8) is 0 Å². The van der Waals surface area contributed by atoms with Gasteiger partial charge in [-0.15, -0.1) is 23.1 Å². The number of carbonyl (C=O) groups is 1. The predicted molar refractivity (Wildman–Crippen MR) is 117 cm³/mol. The second kappa shape index (κ2) is 8.95. The maximum atomic E-state index is 12.8. The number of aromatic nitrogens is 2. The fourth-order valence-electron chi connectivity index (χ4n) is 3.00. The zero-order valence-corrected chi connectivity index (χ0v) is 18.4. The SMILES string of the molecule is Cc1nc(-c2ccc(C(F)(F)F)cc2)sc1CSc1ccc2oc(CCC(=O)O)nc2c1. The summed E-state index contributed by atoms with van der Waals surface area (Å²) in [4.78, 5) is 21.6. The number of hydrogen-bond acceptors (Lipinski definition) is 6. The van der Waals surface area contributed by atoms with Crippen LogP contribution in [-0.2, 0) is 23.1 Å². The van der Waals surface area contributed by atoms with Crippen LogP contribution >= 0.6 is 23.1 Å². The number of hydrogen-bond donors (Lipinski definition) is 1. The number of halogens is 3. The van der Waals surface area contributed by atoms with E-state index in [1.54, 1.807) is 11.8 Å². The van der Waals surface area contributed by atoms with Gasteiger partial charge in [-0.3, -0.25) is 4.79 Å². The van der Waals surface area contributed by atoms with Crippen molar-refractivity contribution in [2.75, 3.05) is 0 Å². The Balaban J connectivity index is 1.45. The van der Waals surface area contributed by atoms with Gasteiger partial charge in [0.1, 0.15) is 10.5 Å². The maximum absolute atomic E-state index is 12.8. The first-order chi connectivity index (χ1) is 15.2. The quantitative estimate of drug-likeness (QED) is 0.302. The van der Waals surface area contributed by atoms with Gasteiger partial charge >= 0.3 is 12.1 Å². The summed E-state index contributed by atoms with van der Waals surface area (Å²) in [5, 5.41) is 9.47. The smallest absolute Gasteiger partial charge is 0.416 e. The third-order valence-electron chi connectivity index (χ3n) is 4.68. The number of carboxylic acid groups (broad SMARTS) is 1. The Morgan fingerprint density at radius 2 is 1.91 bits per heavy atom. The highest BCUT2D eigenvalue weighted by molar-refractivity contribution is 7.98. The Morgan fingerprint density at radius 3 is 2.59 bits per heavy atom. The fraction of sp³-hybridized carbons (Fsp3) is 0.227. The summed E-state index contributed by atoms with van der Waals surface area (Å²) in [5.41, 5.74) is 2.09. The van der Waals surface area contributed by atoms with Crippen molar-refractivity contribution in [3.05, 3.63) is 64.5 Å². The third kappa shape index (κ3) is 5.13. The minimum Gasteiger partial charge on any atom is -0.481 e. The Bertz CT molecular complexity index is 1260. The van der Waals surface area contributed by atoms with Crippen LogP contribution in [0.4, 0.5) is 13.2 Å². The molecule has 0 aliphatic rings. The highest BCUT2D eigenvalue weighted by atomic mass is 32.2. The number of alkyl halides is 3. The number of oxazole rings is 1. The van der Waals surface area contributed by atoms with E-state index in [-0.39, 0.29) is 12.8 Å². The third-order valence-corrected chi connectivity index (χ3v) is 7.09. The van der Waals surface area contributed by atoms with Gasteiger partial charge in [0.15, 0.2) is 11.5 Å². The number of carboxylic acids is 1. The van der Waals surface area contributed by atoms with E-state index in [0.29, 0.717) is 33.3 Å². The van der Waals surface area contributed by atoms with E-state index >= 15 is 0 Å². The van der Waals surface area contributed by atoms with E-state index in [1.165, 1.54) is 23.5 Å². The first-order valence-corrected chi connectivity index (χ1v) is 11.4. The van der Waals surface area contributed by atoms with Gasteiger partial charge in [-0.2, -0.15) is 13.2 Å². The van der Waals surface area contributed by atoms with Crippen LogP contribution in [0, 0.1) is 6.92 Å². The molecule has 0 aliphatic heterocycles. The number of nitrogens with zero attached hydrogens (tertiary/aromatic N) is 2. The number of rotatable bonds is 7. The van der Waals surface area contributed by atoms with Crippen LogP contribution in [0.25, 0.3) is 21.7 Å². The number of aryl methyl sites for hydroxylation is 2. The Morgan fingerprint density at radius 1 is 1.16 bits per heavy atom. The molecule has 0 fully saturated rings. The van der Waals surface area contributed by atoms with Crippen LogP contribution in [-0.4, -0.2) is 21.0 Å². The lowest BCUT2D eigenvalue weighted by atomic mass is 10.1. The minimum absolute atomic E-state index is 0.0413. The van der Waals surface area contributed by atoms with E-state index in [2.05, 4.69) is 9.97 Å². The summed E-state index contributed by atoms with van der Waals surface area (Å²) in [6.45, 7) is 1.88. The molecule has 0 spiro atoms. The highest BCUT2D eigenvalue weighted by Crippen LogP contribution is 2.35. The summed E-state index contributed by atoms with van der Waals surface area (Å²) in [6.07, 6.45) is -4.17. The lowest BCUT2D eigenvalue weighted by Gasteiger charge is -2.06. The van der Waals surface area contributed by atoms with E-state index in [0.717, 1.165) is 27.6 Å². The zero-order valence-electron chi connectivity index (χ0n) is 16.8. The van der Waals surface area contributed by atoms with Gasteiger partial charge in [0.2, 0.25) is 0 Å². The lowest BCUT2D eigenvalue weighted by Crippen LogP contribution is -2.03. The van der Waals surface area contributed by atoms with Gasteiger partial charge in [-0.05, 0) is 37.3 Å². The fourth-order valence-corrected chi connectivity index (χ4v) is 5.14. The van der Waals surface area contributed by atoms with Gasteiger partial charge < -0.3 is 9.52 Å². The van der Waals surface area contributed by atoms with Gasteiger partial charge in [0.05, 0.1) is 17.7 Å². The van der Waals surface area contributed by atoms with E-state index < -0.39 is 17.7 Å². The summed E-state index contributed by atoms with van der Waals surface area (Å²) >= 11 is 3.05. The maximum Gasteiger partial charge on any atom is 0.416 e. The topological polar surface area (TPSA) is 76.2 Å². The monoisotopic (exact) mass is 478 g/mol. The van der Waals surface area contributed by atoms with Crippen molar-refractivity contribution in [1.82, 2.24) is 9.97 Å². The lowest BCUT2D eigenvalue weighted by molar-refractivity contribution is -0.138. The van der Waals surface area contributed by atoms with Crippen LogP contribution in [0.3, 0.4) is 0 Å². The molecule has 0 amide bonds. The summed E-state index contributed by atoms with van der Waals surface area (Å²) < 4.78 is 43.9. The molecule has 2 heterocycles. The number of aliphatic carboxylic acids is 1. The minimum atomic E-state index is -4.36. The molecule has 0 radical (unpaired) electrons. The number of thiazole rings is 1. The van der Waals surface area contributed by atoms with Crippen LogP contribution in [0.5, 0.6) is 0 Å². The standard InChI is InChI=1S/C22H17F3N2O3S2/c1-12-18(32-21(26-12)13-2-4-14(5-3-13)22(23,24)25)11-31-15-6-7-17-16(10-15)27-19(30-17)8-9-20(28)29/h2-7,10H,8-9,11H2,1H3,(H,28,29). The molecule has 1 N–H and O–H groups in total. The molecule has 5 nitrogen and oxygen atoms in total. The van der Waals surface area contributed by atoms with Crippen molar-refractivity contribution in [2.24, 2.45) is 0 Å². The van der Waals surface area contributed by atoms with Gasteiger partial charge in [0.25, 0.3) is 0 Å². The predicted octanol–water partition coefficient (Wildman–Crippen LogP) is 6.59. The summed E-state index contributed by atoms with van der Waals surface area (Å²) in [5.74, 6) is 0.141. The van der Waals surface area contributed by atoms with E-state index in [1.807, 2.05) is 25.1 Å². The zero-order chi connectivity index (χ0) is 22.9. The molecule has 0 saturated heterocycles. The molecule has 0 aliphatic carbocycles. The first-order valence-electron chi connectivity index (χ1n) is 9.57. The number of thioether (sulfide) groups is 1. The van der Waals surface area contributed by atoms with Gasteiger partial charge in [-0.25, -0.2) is 9.97 Å². The van der Waals surface area contributed by atoms with Gasteiger partial charge in [-0.1, -0.05) is 12.1 Å². The number of fused-ring (bicyclic) bond motifs is 1. The molecule has 2 aromatic heterocycles. The van der Waals surface area contributed by atoms with Crippen molar-refractivity contribution in [1.29, 1.82) is 0 Å².